The van der Waals surface area contributed by atoms with E-state index in [0.29, 0.717) is 18.5 Å². The van der Waals surface area contributed by atoms with Gasteiger partial charge in [0.25, 0.3) is 0 Å². The Morgan fingerprint density at radius 3 is 2.65 bits per heavy atom. The van der Waals surface area contributed by atoms with Crippen molar-refractivity contribution in [2.45, 2.75) is 44.2 Å². The number of nitrogens with zero attached hydrogens (tertiary/aromatic N) is 3. The first kappa shape index (κ1) is 16.1. The SMILES string of the molecule is CN(C)C1CCC(Nc2ncnc3ccc(CCO)cc23)CC1. The van der Waals surface area contributed by atoms with Gasteiger partial charge in [0.05, 0.1) is 5.52 Å². The van der Waals surface area contributed by atoms with Crippen molar-refractivity contribution in [1.29, 1.82) is 0 Å². The third-order valence-corrected chi connectivity index (χ3v) is 4.87. The Morgan fingerprint density at radius 1 is 1.17 bits per heavy atom. The molecule has 1 heterocycles. The summed E-state index contributed by atoms with van der Waals surface area (Å²) in [6, 6.07) is 7.31. The fraction of sp³-hybridized carbons (Fsp3) is 0.556. The van der Waals surface area contributed by atoms with Crippen molar-refractivity contribution in [3.63, 3.8) is 0 Å². The molecule has 5 heteroatoms. The molecule has 1 aromatic carbocycles. The maximum Gasteiger partial charge on any atom is 0.137 e. The van der Waals surface area contributed by atoms with Gasteiger partial charge >= 0.3 is 0 Å². The Balaban J connectivity index is 1.76. The number of aliphatic hydroxyl groups is 1. The van der Waals surface area contributed by atoms with E-state index in [-0.39, 0.29) is 6.61 Å². The summed E-state index contributed by atoms with van der Waals surface area (Å²) in [7, 11) is 4.33. The molecule has 0 spiro atoms. The summed E-state index contributed by atoms with van der Waals surface area (Å²) >= 11 is 0. The zero-order chi connectivity index (χ0) is 16.2. The predicted octanol–water partition coefficient (Wildman–Crippen LogP) is 2.45. The van der Waals surface area contributed by atoms with Crippen LogP contribution in [0.2, 0.25) is 0 Å². The highest BCUT2D eigenvalue weighted by Crippen LogP contribution is 2.27. The molecule has 1 fully saturated rings. The molecule has 1 aliphatic carbocycles. The van der Waals surface area contributed by atoms with Gasteiger partial charge in [-0.2, -0.15) is 0 Å². The van der Waals surface area contributed by atoms with Gasteiger partial charge in [-0.05, 0) is 63.9 Å². The number of hydrogen-bond donors (Lipinski definition) is 2. The minimum Gasteiger partial charge on any atom is -0.396 e. The first-order chi connectivity index (χ1) is 11.2. The molecule has 5 nitrogen and oxygen atoms in total. The molecule has 1 aliphatic rings. The van der Waals surface area contributed by atoms with Crippen LogP contribution in [0.25, 0.3) is 10.9 Å². The van der Waals surface area contributed by atoms with Crippen molar-refractivity contribution in [3.8, 4) is 0 Å². The van der Waals surface area contributed by atoms with E-state index in [1.807, 2.05) is 12.1 Å². The molecule has 0 aliphatic heterocycles. The van der Waals surface area contributed by atoms with Crippen LogP contribution in [0.15, 0.2) is 24.5 Å². The second-order valence-corrected chi connectivity index (χ2v) is 6.66. The maximum atomic E-state index is 9.14. The molecule has 3 rings (SSSR count). The lowest BCUT2D eigenvalue weighted by atomic mass is 9.90. The first-order valence-electron chi connectivity index (χ1n) is 8.45. The fourth-order valence-corrected chi connectivity index (χ4v) is 3.43. The summed E-state index contributed by atoms with van der Waals surface area (Å²) < 4.78 is 0. The molecule has 1 aromatic heterocycles. The summed E-state index contributed by atoms with van der Waals surface area (Å²) in [5, 5.41) is 13.8. The number of aromatic nitrogens is 2. The average Bonchev–Trinajstić information content (AvgIpc) is 2.56. The van der Waals surface area contributed by atoms with E-state index in [1.54, 1.807) is 6.33 Å². The van der Waals surface area contributed by atoms with Gasteiger partial charge in [0, 0.05) is 24.1 Å². The van der Waals surface area contributed by atoms with Crippen molar-refractivity contribution < 1.29 is 5.11 Å². The van der Waals surface area contributed by atoms with Crippen molar-refractivity contribution in [1.82, 2.24) is 14.9 Å². The number of rotatable bonds is 5. The van der Waals surface area contributed by atoms with E-state index < -0.39 is 0 Å². The number of nitrogens with one attached hydrogen (secondary N) is 1. The van der Waals surface area contributed by atoms with E-state index in [0.717, 1.165) is 22.3 Å². The Morgan fingerprint density at radius 2 is 1.96 bits per heavy atom. The van der Waals surface area contributed by atoms with Crippen LogP contribution < -0.4 is 5.32 Å². The lowest BCUT2D eigenvalue weighted by molar-refractivity contribution is 0.221. The lowest BCUT2D eigenvalue weighted by Gasteiger charge is -2.33. The van der Waals surface area contributed by atoms with Gasteiger partial charge in [-0.1, -0.05) is 6.07 Å². The highest BCUT2D eigenvalue weighted by Gasteiger charge is 2.23. The summed E-state index contributed by atoms with van der Waals surface area (Å²) in [6.07, 6.45) is 7.09. The molecular weight excluding hydrogens is 288 g/mol. The third kappa shape index (κ3) is 3.79. The lowest BCUT2D eigenvalue weighted by Crippen LogP contribution is -2.36. The number of benzene rings is 1. The quantitative estimate of drug-likeness (QED) is 0.887. The van der Waals surface area contributed by atoms with Crippen LogP contribution in [0.4, 0.5) is 5.82 Å². The van der Waals surface area contributed by atoms with E-state index >= 15 is 0 Å². The zero-order valence-electron chi connectivity index (χ0n) is 14.0. The van der Waals surface area contributed by atoms with E-state index in [9.17, 15) is 0 Å². The Hall–Kier alpha value is -1.72. The maximum absolute atomic E-state index is 9.14. The van der Waals surface area contributed by atoms with Crippen LogP contribution in [0.5, 0.6) is 0 Å². The van der Waals surface area contributed by atoms with Crippen molar-refractivity contribution in [2.75, 3.05) is 26.0 Å². The van der Waals surface area contributed by atoms with Crippen LogP contribution in [0.3, 0.4) is 0 Å². The average molecular weight is 314 g/mol. The Bertz CT molecular complexity index is 651. The molecule has 124 valence electrons. The zero-order valence-corrected chi connectivity index (χ0v) is 14.0. The molecule has 1 saturated carbocycles. The van der Waals surface area contributed by atoms with Crippen molar-refractivity contribution in [3.05, 3.63) is 30.1 Å². The van der Waals surface area contributed by atoms with E-state index in [2.05, 4.69) is 40.3 Å². The standard InChI is InChI=1S/C18H26N4O/c1-22(2)15-6-4-14(5-7-15)21-18-16-11-13(9-10-23)3-8-17(16)19-12-20-18/h3,8,11-12,14-15,23H,4-7,9-10H2,1-2H3,(H,19,20,21). The summed E-state index contributed by atoms with van der Waals surface area (Å²) in [5.41, 5.74) is 2.07. The normalized spacial score (nSPS) is 21.7. The van der Waals surface area contributed by atoms with Gasteiger partial charge in [0.1, 0.15) is 12.1 Å². The number of aliphatic hydroxyl groups excluding tert-OH is 1. The first-order valence-corrected chi connectivity index (χ1v) is 8.45. The minimum absolute atomic E-state index is 0.163. The molecule has 2 aromatic rings. The topological polar surface area (TPSA) is 61.3 Å². The van der Waals surface area contributed by atoms with Crippen molar-refractivity contribution in [2.24, 2.45) is 0 Å². The smallest absolute Gasteiger partial charge is 0.137 e. The van der Waals surface area contributed by atoms with E-state index in [1.165, 1.54) is 25.7 Å². The summed E-state index contributed by atoms with van der Waals surface area (Å²) in [6.45, 7) is 0.163. The fourth-order valence-electron chi connectivity index (χ4n) is 3.43. The number of fused-ring (bicyclic) bond motifs is 1. The second-order valence-electron chi connectivity index (χ2n) is 6.66. The molecule has 0 atom stereocenters. The van der Waals surface area contributed by atoms with Gasteiger partial charge in [-0.15, -0.1) is 0 Å². The monoisotopic (exact) mass is 314 g/mol. The minimum atomic E-state index is 0.163. The molecule has 0 saturated heterocycles. The number of anilines is 1. The summed E-state index contributed by atoms with van der Waals surface area (Å²) in [5.74, 6) is 0.920. The van der Waals surface area contributed by atoms with Crippen LogP contribution >= 0.6 is 0 Å². The van der Waals surface area contributed by atoms with Crippen molar-refractivity contribution >= 4 is 16.7 Å². The predicted molar refractivity (Wildman–Crippen MR) is 93.7 cm³/mol. The molecule has 0 radical (unpaired) electrons. The van der Waals surface area contributed by atoms with Gasteiger partial charge < -0.3 is 15.3 Å². The second kappa shape index (κ2) is 7.23. The van der Waals surface area contributed by atoms with Gasteiger partial charge in [-0.25, -0.2) is 9.97 Å². The molecule has 23 heavy (non-hydrogen) atoms. The number of hydrogen-bond acceptors (Lipinski definition) is 5. The molecule has 2 N–H and O–H groups in total. The van der Waals surface area contributed by atoms with Crippen LogP contribution in [-0.4, -0.2) is 52.8 Å². The van der Waals surface area contributed by atoms with Crippen LogP contribution in [0, 0.1) is 0 Å². The Kier molecular flexibility index (Phi) is 5.08. The van der Waals surface area contributed by atoms with Gasteiger partial charge in [0.15, 0.2) is 0 Å². The Labute approximate surface area is 137 Å². The van der Waals surface area contributed by atoms with Crippen LogP contribution in [0.1, 0.15) is 31.2 Å². The molecular formula is C18H26N4O. The van der Waals surface area contributed by atoms with Crippen LogP contribution in [-0.2, 0) is 6.42 Å². The van der Waals surface area contributed by atoms with E-state index in [4.69, 9.17) is 5.11 Å². The summed E-state index contributed by atoms with van der Waals surface area (Å²) in [4.78, 5) is 11.1. The highest BCUT2D eigenvalue weighted by atomic mass is 16.2. The largest absolute Gasteiger partial charge is 0.396 e. The molecule has 0 unspecified atom stereocenters. The molecule has 0 amide bonds. The van der Waals surface area contributed by atoms with Gasteiger partial charge in [0.2, 0.25) is 0 Å². The third-order valence-electron chi connectivity index (χ3n) is 4.87. The highest BCUT2D eigenvalue weighted by molar-refractivity contribution is 5.89. The molecule has 0 bridgehead atoms. The van der Waals surface area contributed by atoms with Gasteiger partial charge in [-0.3, -0.25) is 0 Å².